The third-order valence-corrected chi connectivity index (χ3v) is 4.84. The van der Waals surface area contributed by atoms with Crippen LogP contribution in [0.5, 0.6) is 11.5 Å². The van der Waals surface area contributed by atoms with Crippen molar-refractivity contribution >= 4 is 11.7 Å². The number of anilines is 1. The summed E-state index contributed by atoms with van der Waals surface area (Å²) in [6.07, 6.45) is 3.77. The largest absolute Gasteiger partial charge is 0.493 e. The van der Waals surface area contributed by atoms with Gasteiger partial charge in [-0.3, -0.25) is 4.79 Å². The predicted molar refractivity (Wildman–Crippen MR) is 108 cm³/mol. The molecule has 7 heteroatoms. The highest BCUT2D eigenvalue weighted by Crippen LogP contribution is 2.40. The molecule has 4 rings (SSSR count). The lowest BCUT2D eigenvalue weighted by Gasteiger charge is -2.24. The van der Waals surface area contributed by atoms with Gasteiger partial charge >= 0.3 is 0 Å². The Bertz CT molecular complexity index is 1040. The number of hydrogen-bond acceptors (Lipinski definition) is 5. The summed E-state index contributed by atoms with van der Waals surface area (Å²) in [4.78, 5) is 12.4. The Morgan fingerprint density at radius 3 is 2.97 bits per heavy atom. The number of nitrogens with one attached hydrogen (secondary N) is 1. The number of methoxy groups -OCH3 is 1. The molecule has 1 amide bonds. The van der Waals surface area contributed by atoms with Crippen molar-refractivity contribution in [3.8, 4) is 11.5 Å². The second-order valence-electron chi connectivity index (χ2n) is 7.15. The second-order valence-corrected chi connectivity index (χ2v) is 7.15. The minimum Gasteiger partial charge on any atom is -0.493 e. The molecular weight excluding hydrogens is 370 g/mol. The molecule has 0 radical (unpaired) electrons. The van der Waals surface area contributed by atoms with E-state index in [1.807, 2.05) is 37.3 Å². The summed E-state index contributed by atoms with van der Waals surface area (Å²) in [5.41, 5.74) is 2.86. The van der Waals surface area contributed by atoms with Crippen LogP contribution in [0.25, 0.3) is 0 Å². The quantitative estimate of drug-likeness (QED) is 0.615. The lowest BCUT2D eigenvalue weighted by molar-refractivity contribution is -0.116. The SMILES string of the molecule is C=C(C)COc1ccc([C@H]2CC(=O)Nc3c2cnn3Cc2ccco2)cc1OC. The Kier molecular flexibility index (Phi) is 5.12. The summed E-state index contributed by atoms with van der Waals surface area (Å²) >= 11 is 0. The van der Waals surface area contributed by atoms with Crippen LogP contribution in [-0.4, -0.2) is 29.4 Å². The van der Waals surface area contributed by atoms with Gasteiger partial charge in [-0.25, -0.2) is 4.68 Å². The second kappa shape index (κ2) is 7.87. The van der Waals surface area contributed by atoms with E-state index in [4.69, 9.17) is 13.9 Å². The van der Waals surface area contributed by atoms with E-state index in [1.54, 1.807) is 24.3 Å². The van der Waals surface area contributed by atoms with E-state index in [0.717, 1.165) is 22.5 Å². The molecular formula is C22H23N3O4. The average molecular weight is 393 g/mol. The van der Waals surface area contributed by atoms with Crippen LogP contribution in [0, 0.1) is 0 Å². The first-order valence-corrected chi connectivity index (χ1v) is 9.38. The van der Waals surface area contributed by atoms with Crippen LogP contribution in [0.3, 0.4) is 0 Å². The van der Waals surface area contributed by atoms with Gasteiger partial charge in [-0.2, -0.15) is 5.10 Å². The van der Waals surface area contributed by atoms with Gasteiger partial charge in [0.1, 0.15) is 24.7 Å². The van der Waals surface area contributed by atoms with Crippen molar-refractivity contribution in [2.75, 3.05) is 19.0 Å². The van der Waals surface area contributed by atoms with Crippen LogP contribution in [0.2, 0.25) is 0 Å². The molecule has 0 bridgehead atoms. The molecule has 2 aromatic heterocycles. The highest BCUT2D eigenvalue weighted by molar-refractivity contribution is 5.94. The molecule has 3 heterocycles. The van der Waals surface area contributed by atoms with Gasteiger partial charge in [0.05, 0.1) is 19.6 Å². The number of nitrogens with zero attached hydrogens (tertiary/aromatic N) is 2. The smallest absolute Gasteiger partial charge is 0.226 e. The van der Waals surface area contributed by atoms with Gasteiger partial charge < -0.3 is 19.2 Å². The standard InChI is InChI=1S/C22H23N3O4/c1-14(2)13-29-19-7-6-15(9-20(19)27-3)17-10-21(26)24-22-18(17)11-23-25(22)12-16-5-4-8-28-16/h4-9,11,17H,1,10,12-13H2,2-3H3,(H,24,26)/t17-/m1/s1. The summed E-state index contributed by atoms with van der Waals surface area (Å²) in [5, 5.41) is 7.42. The topological polar surface area (TPSA) is 78.5 Å². The third-order valence-electron chi connectivity index (χ3n) is 4.84. The molecule has 0 saturated heterocycles. The van der Waals surface area contributed by atoms with Crippen molar-refractivity contribution in [3.05, 3.63) is 71.8 Å². The molecule has 0 aliphatic carbocycles. The fraction of sp³-hybridized carbons (Fsp3) is 0.273. The lowest BCUT2D eigenvalue weighted by Crippen LogP contribution is -2.25. The van der Waals surface area contributed by atoms with Gasteiger partial charge in [-0.05, 0) is 42.3 Å². The molecule has 0 saturated carbocycles. The number of furan rings is 1. The molecule has 1 aliphatic rings. The van der Waals surface area contributed by atoms with Crippen molar-refractivity contribution in [2.24, 2.45) is 0 Å². The highest BCUT2D eigenvalue weighted by atomic mass is 16.5. The molecule has 0 spiro atoms. The Labute approximate surface area is 168 Å². The maximum Gasteiger partial charge on any atom is 0.226 e. The molecule has 29 heavy (non-hydrogen) atoms. The fourth-order valence-electron chi connectivity index (χ4n) is 3.46. The van der Waals surface area contributed by atoms with Crippen LogP contribution < -0.4 is 14.8 Å². The Hall–Kier alpha value is -3.48. The molecule has 3 aromatic rings. The molecule has 1 aliphatic heterocycles. The number of hydrogen-bond donors (Lipinski definition) is 1. The van der Waals surface area contributed by atoms with Crippen molar-refractivity contribution in [3.63, 3.8) is 0 Å². The molecule has 1 atom stereocenters. The molecule has 0 fully saturated rings. The lowest BCUT2D eigenvalue weighted by atomic mass is 9.87. The monoisotopic (exact) mass is 393 g/mol. The number of aromatic nitrogens is 2. The number of carbonyl (C=O) groups excluding carboxylic acids is 1. The first-order chi connectivity index (χ1) is 14.0. The van der Waals surface area contributed by atoms with Gasteiger partial charge in [0.15, 0.2) is 11.5 Å². The van der Waals surface area contributed by atoms with Crippen molar-refractivity contribution < 1.29 is 18.7 Å². The fourth-order valence-corrected chi connectivity index (χ4v) is 3.46. The first kappa shape index (κ1) is 18.9. The van der Waals surface area contributed by atoms with Crippen LogP contribution in [0.4, 0.5) is 5.82 Å². The van der Waals surface area contributed by atoms with Crippen LogP contribution in [0.1, 0.15) is 36.1 Å². The normalized spacial score (nSPS) is 15.5. The van der Waals surface area contributed by atoms with Gasteiger partial charge in [-0.1, -0.05) is 12.6 Å². The number of ether oxygens (including phenoxy) is 2. The zero-order valence-corrected chi connectivity index (χ0v) is 16.5. The maximum absolute atomic E-state index is 12.4. The average Bonchev–Trinajstić information content (AvgIpc) is 3.36. The van der Waals surface area contributed by atoms with Crippen LogP contribution >= 0.6 is 0 Å². The first-order valence-electron chi connectivity index (χ1n) is 9.38. The van der Waals surface area contributed by atoms with Gasteiger partial charge in [0, 0.05) is 17.9 Å². The Balaban J connectivity index is 1.65. The molecule has 7 nitrogen and oxygen atoms in total. The summed E-state index contributed by atoms with van der Waals surface area (Å²) < 4.78 is 18.4. The minimum absolute atomic E-state index is 0.0507. The number of rotatable bonds is 7. The summed E-state index contributed by atoms with van der Waals surface area (Å²) in [6.45, 7) is 6.63. The summed E-state index contributed by atoms with van der Waals surface area (Å²) in [7, 11) is 1.60. The van der Waals surface area contributed by atoms with Crippen LogP contribution in [-0.2, 0) is 11.3 Å². The molecule has 1 N–H and O–H groups in total. The predicted octanol–water partition coefficient (Wildman–Crippen LogP) is 3.96. The minimum atomic E-state index is -0.117. The Morgan fingerprint density at radius 2 is 2.24 bits per heavy atom. The van der Waals surface area contributed by atoms with E-state index in [2.05, 4.69) is 17.0 Å². The molecule has 0 unspecified atom stereocenters. The van der Waals surface area contributed by atoms with E-state index in [-0.39, 0.29) is 11.8 Å². The van der Waals surface area contributed by atoms with E-state index in [9.17, 15) is 4.79 Å². The van der Waals surface area contributed by atoms with Gasteiger partial charge in [-0.15, -0.1) is 0 Å². The van der Waals surface area contributed by atoms with Crippen molar-refractivity contribution in [2.45, 2.75) is 25.8 Å². The third kappa shape index (κ3) is 3.89. The number of benzene rings is 1. The Morgan fingerprint density at radius 1 is 1.38 bits per heavy atom. The van der Waals surface area contributed by atoms with E-state index in [1.165, 1.54) is 0 Å². The van der Waals surface area contributed by atoms with E-state index >= 15 is 0 Å². The highest BCUT2D eigenvalue weighted by Gasteiger charge is 2.30. The van der Waals surface area contributed by atoms with Gasteiger partial charge in [0.2, 0.25) is 5.91 Å². The van der Waals surface area contributed by atoms with E-state index in [0.29, 0.717) is 36.9 Å². The summed E-state index contributed by atoms with van der Waals surface area (Å²) in [6, 6.07) is 9.47. The number of carbonyl (C=O) groups is 1. The van der Waals surface area contributed by atoms with Crippen molar-refractivity contribution in [1.82, 2.24) is 9.78 Å². The zero-order valence-electron chi connectivity index (χ0n) is 16.5. The molecule has 150 valence electrons. The van der Waals surface area contributed by atoms with Crippen molar-refractivity contribution in [1.29, 1.82) is 0 Å². The van der Waals surface area contributed by atoms with Gasteiger partial charge in [0.25, 0.3) is 0 Å². The number of fused-ring (bicyclic) bond motifs is 1. The summed E-state index contributed by atoms with van der Waals surface area (Å²) in [5.74, 6) is 2.57. The number of amides is 1. The van der Waals surface area contributed by atoms with E-state index < -0.39 is 0 Å². The van der Waals surface area contributed by atoms with Crippen LogP contribution in [0.15, 0.2) is 59.4 Å². The maximum atomic E-state index is 12.4. The zero-order chi connectivity index (χ0) is 20.4. The molecule has 1 aromatic carbocycles.